The van der Waals surface area contributed by atoms with Crippen LogP contribution in [0.25, 0.3) is 0 Å². The smallest absolute Gasteiger partial charge is 0.147 e. The molecule has 6 nitrogen and oxygen atoms in total. The van der Waals surface area contributed by atoms with Gasteiger partial charge in [0, 0.05) is 0 Å². The normalized spacial score (nSPS) is 24.2. The minimum Gasteiger partial charge on any atom is -0.355 e. The van der Waals surface area contributed by atoms with Crippen LogP contribution in [0.2, 0.25) is 0 Å². The SMILES string of the molecule is c1nnnn1C[C@H]1CCOCO1. The van der Waals surface area contributed by atoms with Crippen LogP contribution in [-0.4, -0.2) is 39.7 Å². The highest BCUT2D eigenvalue weighted by molar-refractivity contribution is 4.60. The molecule has 0 unspecified atom stereocenters. The van der Waals surface area contributed by atoms with Crippen LogP contribution in [0.4, 0.5) is 0 Å². The maximum absolute atomic E-state index is 5.31. The second-order valence-corrected chi connectivity index (χ2v) is 2.64. The van der Waals surface area contributed by atoms with Gasteiger partial charge in [-0.2, -0.15) is 0 Å². The molecule has 0 aliphatic carbocycles. The van der Waals surface area contributed by atoms with E-state index in [1.54, 1.807) is 11.0 Å². The van der Waals surface area contributed by atoms with Gasteiger partial charge in [0.15, 0.2) is 0 Å². The summed E-state index contributed by atoms with van der Waals surface area (Å²) >= 11 is 0. The second kappa shape index (κ2) is 3.59. The predicted octanol–water partition coefficient (Wildman–Crippen LogP) is -0.564. The van der Waals surface area contributed by atoms with Crippen molar-refractivity contribution in [1.29, 1.82) is 0 Å². The zero-order valence-electron chi connectivity index (χ0n) is 6.59. The van der Waals surface area contributed by atoms with Crippen LogP contribution in [0.1, 0.15) is 6.42 Å². The van der Waals surface area contributed by atoms with Gasteiger partial charge in [-0.15, -0.1) is 5.10 Å². The van der Waals surface area contributed by atoms with Crippen LogP contribution in [0.15, 0.2) is 6.33 Å². The summed E-state index contributed by atoms with van der Waals surface area (Å²) in [4.78, 5) is 0. The van der Waals surface area contributed by atoms with Crippen molar-refractivity contribution in [1.82, 2.24) is 20.2 Å². The Hall–Kier alpha value is -1.01. The lowest BCUT2D eigenvalue weighted by Gasteiger charge is -2.21. The van der Waals surface area contributed by atoms with E-state index in [-0.39, 0.29) is 6.10 Å². The number of nitrogens with zero attached hydrogens (tertiary/aromatic N) is 4. The third kappa shape index (κ3) is 1.77. The Morgan fingerprint density at radius 3 is 3.25 bits per heavy atom. The molecule has 6 heteroatoms. The lowest BCUT2D eigenvalue weighted by atomic mass is 10.2. The minimum atomic E-state index is 0.183. The number of ether oxygens (including phenoxy) is 2. The van der Waals surface area contributed by atoms with Gasteiger partial charge in [-0.3, -0.25) is 0 Å². The van der Waals surface area contributed by atoms with E-state index < -0.39 is 0 Å². The number of rotatable bonds is 2. The van der Waals surface area contributed by atoms with E-state index in [9.17, 15) is 0 Å². The molecule has 1 aliphatic heterocycles. The maximum atomic E-state index is 5.31. The highest BCUT2D eigenvalue weighted by Gasteiger charge is 2.14. The number of tetrazole rings is 1. The molecule has 0 bridgehead atoms. The molecule has 0 saturated carbocycles. The van der Waals surface area contributed by atoms with E-state index in [2.05, 4.69) is 15.5 Å². The summed E-state index contributed by atoms with van der Waals surface area (Å²) in [6.07, 6.45) is 2.67. The van der Waals surface area contributed by atoms with Gasteiger partial charge < -0.3 is 9.47 Å². The molecule has 0 amide bonds. The Morgan fingerprint density at radius 1 is 1.58 bits per heavy atom. The summed E-state index contributed by atoms with van der Waals surface area (Å²) in [5.74, 6) is 0. The predicted molar refractivity (Wildman–Crippen MR) is 38.1 cm³/mol. The fourth-order valence-electron chi connectivity index (χ4n) is 1.12. The van der Waals surface area contributed by atoms with Crippen molar-refractivity contribution < 1.29 is 9.47 Å². The Morgan fingerprint density at radius 2 is 2.58 bits per heavy atom. The number of hydrogen-bond acceptors (Lipinski definition) is 5. The van der Waals surface area contributed by atoms with Gasteiger partial charge in [-0.25, -0.2) is 4.68 Å². The molecular weight excluding hydrogens is 160 g/mol. The molecule has 1 aromatic heterocycles. The van der Waals surface area contributed by atoms with E-state index in [1.807, 2.05) is 0 Å². The number of aromatic nitrogens is 4. The summed E-state index contributed by atoms with van der Waals surface area (Å²) in [6.45, 7) is 1.84. The van der Waals surface area contributed by atoms with Gasteiger partial charge in [0.05, 0.1) is 19.3 Å². The molecule has 12 heavy (non-hydrogen) atoms. The zero-order chi connectivity index (χ0) is 8.23. The standard InChI is InChI=1S/C6H10N4O2/c1-2-11-5-12-6(1)3-10-4-7-8-9-10/h4,6H,1-3,5H2/t6-/m1/s1. The van der Waals surface area contributed by atoms with Crippen LogP contribution >= 0.6 is 0 Å². The highest BCUT2D eigenvalue weighted by Crippen LogP contribution is 2.07. The van der Waals surface area contributed by atoms with Crippen LogP contribution in [0, 0.1) is 0 Å². The fourth-order valence-corrected chi connectivity index (χ4v) is 1.12. The summed E-state index contributed by atoms with van der Waals surface area (Å²) in [5.41, 5.74) is 0. The molecule has 2 heterocycles. The Bertz CT molecular complexity index is 219. The summed E-state index contributed by atoms with van der Waals surface area (Å²) in [6, 6.07) is 0. The van der Waals surface area contributed by atoms with Crippen molar-refractivity contribution in [2.24, 2.45) is 0 Å². The molecule has 0 aromatic carbocycles. The van der Waals surface area contributed by atoms with Crippen LogP contribution < -0.4 is 0 Å². The first-order valence-corrected chi connectivity index (χ1v) is 3.85. The molecule has 1 atom stereocenters. The second-order valence-electron chi connectivity index (χ2n) is 2.64. The van der Waals surface area contributed by atoms with Gasteiger partial charge in [0.2, 0.25) is 0 Å². The van der Waals surface area contributed by atoms with Crippen molar-refractivity contribution >= 4 is 0 Å². The minimum absolute atomic E-state index is 0.183. The lowest BCUT2D eigenvalue weighted by molar-refractivity contribution is -0.143. The van der Waals surface area contributed by atoms with Crippen molar-refractivity contribution in [3.63, 3.8) is 0 Å². The molecule has 2 rings (SSSR count). The van der Waals surface area contributed by atoms with E-state index in [1.165, 1.54) is 0 Å². The molecule has 66 valence electrons. The fraction of sp³-hybridized carbons (Fsp3) is 0.833. The molecule has 1 aromatic rings. The molecule has 0 spiro atoms. The molecule has 1 aliphatic rings. The lowest BCUT2D eigenvalue weighted by Crippen LogP contribution is -2.28. The van der Waals surface area contributed by atoms with E-state index in [0.717, 1.165) is 13.0 Å². The highest BCUT2D eigenvalue weighted by atomic mass is 16.7. The first-order chi connectivity index (χ1) is 5.95. The topological polar surface area (TPSA) is 62.1 Å². The van der Waals surface area contributed by atoms with E-state index >= 15 is 0 Å². The maximum Gasteiger partial charge on any atom is 0.147 e. The van der Waals surface area contributed by atoms with Crippen LogP contribution in [0.3, 0.4) is 0 Å². The zero-order valence-corrected chi connectivity index (χ0v) is 6.59. The van der Waals surface area contributed by atoms with Gasteiger partial charge in [0.25, 0.3) is 0 Å². The molecule has 1 saturated heterocycles. The van der Waals surface area contributed by atoms with E-state index in [4.69, 9.17) is 9.47 Å². The molecular formula is C6H10N4O2. The Labute approximate surface area is 69.5 Å². The van der Waals surface area contributed by atoms with Gasteiger partial charge in [-0.05, 0) is 16.8 Å². The summed E-state index contributed by atoms with van der Waals surface area (Å²) in [5, 5.41) is 10.8. The largest absolute Gasteiger partial charge is 0.355 e. The van der Waals surface area contributed by atoms with Gasteiger partial charge >= 0.3 is 0 Å². The Kier molecular flexibility index (Phi) is 2.28. The third-order valence-corrected chi connectivity index (χ3v) is 1.75. The van der Waals surface area contributed by atoms with Crippen LogP contribution in [-0.2, 0) is 16.0 Å². The quantitative estimate of drug-likeness (QED) is 0.595. The number of hydrogen-bond donors (Lipinski definition) is 0. The van der Waals surface area contributed by atoms with Gasteiger partial charge in [0.1, 0.15) is 13.1 Å². The summed E-state index contributed by atoms with van der Waals surface area (Å²) < 4.78 is 12.0. The Balaban J connectivity index is 1.86. The van der Waals surface area contributed by atoms with E-state index in [0.29, 0.717) is 13.3 Å². The van der Waals surface area contributed by atoms with Gasteiger partial charge in [-0.1, -0.05) is 0 Å². The first kappa shape index (κ1) is 7.63. The van der Waals surface area contributed by atoms with Crippen molar-refractivity contribution in [3.05, 3.63) is 6.33 Å². The molecule has 0 radical (unpaired) electrons. The van der Waals surface area contributed by atoms with Crippen molar-refractivity contribution in [3.8, 4) is 0 Å². The molecule has 1 fully saturated rings. The van der Waals surface area contributed by atoms with Crippen molar-refractivity contribution in [2.75, 3.05) is 13.4 Å². The average Bonchev–Trinajstić information content (AvgIpc) is 2.59. The average molecular weight is 170 g/mol. The summed E-state index contributed by atoms with van der Waals surface area (Å²) in [7, 11) is 0. The van der Waals surface area contributed by atoms with Crippen LogP contribution in [0.5, 0.6) is 0 Å². The first-order valence-electron chi connectivity index (χ1n) is 3.85. The third-order valence-electron chi connectivity index (χ3n) is 1.75. The monoisotopic (exact) mass is 170 g/mol. The molecule has 0 N–H and O–H groups in total. The van der Waals surface area contributed by atoms with Crippen molar-refractivity contribution in [2.45, 2.75) is 19.1 Å².